The minimum atomic E-state index is -1.21. The van der Waals surface area contributed by atoms with Gasteiger partial charge in [-0.25, -0.2) is 0 Å². The molecule has 0 radical (unpaired) electrons. The smallest absolute Gasteiger partial charge is 0.248 e. The minimum Gasteiger partial charge on any atom is -0.494 e. The number of hydrogen-bond acceptors (Lipinski definition) is 6. The number of amides is 3. The highest BCUT2D eigenvalue weighted by Gasteiger charge is 2.77. The number of hydrogen-bond donors (Lipinski definition) is 1. The molecule has 3 saturated heterocycles. The van der Waals surface area contributed by atoms with Gasteiger partial charge >= 0.3 is 0 Å². The third-order valence-electron chi connectivity index (χ3n) is 8.87. The van der Waals surface area contributed by atoms with Crippen LogP contribution in [0.2, 0.25) is 0 Å². The molecule has 2 bridgehead atoms. The molecule has 230 valence electrons. The van der Waals surface area contributed by atoms with Crippen LogP contribution in [0, 0.1) is 11.8 Å². The first-order valence-corrected chi connectivity index (χ1v) is 15.8. The maximum Gasteiger partial charge on any atom is 0.248 e. The van der Waals surface area contributed by atoms with Crippen molar-refractivity contribution in [3.05, 3.63) is 49.6 Å². The molecule has 42 heavy (non-hydrogen) atoms. The van der Waals surface area contributed by atoms with E-state index in [9.17, 15) is 19.5 Å². The van der Waals surface area contributed by atoms with Crippen LogP contribution in [0.4, 0.5) is 5.69 Å². The number of fused-ring (bicyclic) bond motifs is 1. The Balaban J connectivity index is 1.77. The average Bonchev–Trinajstić information content (AvgIpc) is 3.57. The normalized spacial score (nSPS) is 29.1. The van der Waals surface area contributed by atoms with Crippen LogP contribution in [0.5, 0.6) is 5.75 Å². The Hall–Kier alpha value is -2.69. The summed E-state index contributed by atoms with van der Waals surface area (Å²) in [5.74, 6) is -1.84. The standard InChI is InChI=1S/C32H44BrN3O6/c1-7-11-20(5)34(16-8-2)31(40)28-32-18-24(33)27(42-32)25(26(32)30(39)36(28)21(6)19-37)29(38)35(17-9-3)22-12-14-23(15-13-22)41-10-4/h8-9,12-15,20-21,24-28,37H,2-3,7,10-11,16-19H2,1,4-6H3/t20?,21-,24?,25+,26+,27+,28?,32?/m1/s1. The molecule has 1 aromatic carbocycles. The van der Waals surface area contributed by atoms with Gasteiger partial charge in [-0.1, -0.05) is 41.4 Å². The third-order valence-corrected chi connectivity index (χ3v) is 9.71. The zero-order valence-corrected chi connectivity index (χ0v) is 26.7. The van der Waals surface area contributed by atoms with E-state index >= 15 is 0 Å². The Labute approximate surface area is 257 Å². The van der Waals surface area contributed by atoms with E-state index in [0.717, 1.165) is 12.8 Å². The van der Waals surface area contributed by atoms with Crippen LogP contribution in [0.25, 0.3) is 0 Å². The van der Waals surface area contributed by atoms with Crippen molar-refractivity contribution in [1.82, 2.24) is 9.80 Å². The lowest BCUT2D eigenvalue weighted by molar-refractivity contribution is -0.152. The van der Waals surface area contributed by atoms with Crippen molar-refractivity contribution in [3.63, 3.8) is 0 Å². The number of anilines is 1. The number of aliphatic hydroxyl groups is 1. The fourth-order valence-corrected chi connectivity index (χ4v) is 8.01. The van der Waals surface area contributed by atoms with Gasteiger partial charge < -0.3 is 29.3 Å². The van der Waals surface area contributed by atoms with Gasteiger partial charge in [0.15, 0.2) is 0 Å². The molecular formula is C32H44BrN3O6. The van der Waals surface area contributed by atoms with E-state index in [1.54, 1.807) is 41.0 Å². The van der Waals surface area contributed by atoms with Crippen molar-refractivity contribution < 1.29 is 29.0 Å². The Bertz CT molecular complexity index is 1180. The summed E-state index contributed by atoms with van der Waals surface area (Å²) in [7, 11) is 0. The number of alkyl halides is 1. The van der Waals surface area contributed by atoms with Gasteiger partial charge in [-0.2, -0.15) is 0 Å². The molecule has 1 aromatic rings. The number of aliphatic hydroxyl groups excluding tert-OH is 1. The summed E-state index contributed by atoms with van der Waals surface area (Å²) in [6, 6.07) is 5.54. The van der Waals surface area contributed by atoms with Crippen molar-refractivity contribution in [3.8, 4) is 5.75 Å². The number of carbonyl (C=O) groups excluding carboxylic acids is 3. The van der Waals surface area contributed by atoms with E-state index in [-0.39, 0.29) is 41.7 Å². The molecule has 0 aromatic heterocycles. The molecule has 9 nitrogen and oxygen atoms in total. The highest BCUT2D eigenvalue weighted by atomic mass is 79.9. The quantitative estimate of drug-likeness (QED) is 0.243. The van der Waals surface area contributed by atoms with Crippen molar-refractivity contribution in [2.45, 2.75) is 81.6 Å². The van der Waals surface area contributed by atoms with Gasteiger partial charge in [0.05, 0.1) is 37.2 Å². The Kier molecular flexibility index (Phi) is 10.2. The van der Waals surface area contributed by atoms with Crippen molar-refractivity contribution in [2.24, 2.45) is 11.8 Å². The van der Waals surface area contributed by atoms with Gasteiger partial charge in [0.25, 0.3) is 0 Å². The van der Waals surface area contributed by atoms with Gasteiger partial charge in [0, 0.05) is 29.6 Å². The van der Waals surface area contributed by atoms with Crippen LogP contribution in [-0.4, -0.2) is 93.6 Å². The Morgan fingerprint density at radius 3 is 2.43 bits per heavy atom. The number of rotatable bonds is 14. The highest BCUT2D eigenvalue weighted by Crippen LogP contribution is 2.61. The molecule has 4 unspecified atom stereocenters. The van der Waals surface area contributed by atoms with Gasteiger partial charge in [0.1, 0.15) is 17.4 Å². The van der Waals surface area contributed by atoms with Crippen LogP contribution in [0.3, 0.4) is 0 Å². The zero-order chi connectivity index (χ0) is 30.8. The number of ether oxygens (including phenoxy) is 2. The fraction of sp³-hybridized carbons (Fsp3) is 0.594. The fourth-order valence-electron chi connectivity index (χ4n) is 7.07. The maximum absolute atomic E-state index is 14.5. The predicted molar refractivity (Wildman–Crippen MR) is 166 cm³/mol. The lowest BCUT2D eigenvalue weighted by Gasteiger charge is -2.40. The minimum absolute atomic E-state index is 0.0872. The SMILES string of the molecule is C=CCN(C(=O)[C@H]1[C@H]2C(=O)N([C@H](C)CO)C(C(=O)N(CC=C)C(C)CCC)C23CC(Br)[C@@H]1O3)c1ccc(OCC)cc1. The molecule has 3 amide bonds. The number of carbonyl (C=O) groups is 3. The molecule has 1 spiro atoms. The molecule has 1 N–H and O–H groups in total. The molecule has 10 heteroatoms. The molecular weight excluding hydrogens is 602 g/mol. The number of likely N-dealkylation sites (tertiary alicyclic amines) is 1. The second kappa shape index (κ2) is 13.3. The number of halogens is 1. The molecule has 0 aliphatic carbocycles. The monoisotopic (exact) mass is 645 g/mol. The summed E-state index contributed by atoms with van der Waals surface area (Å²) in [4.78, 5) is 47.9. The van der Waals surface area contributed by atoms with Crippen molar-refractivity contribution in [2.75, 3.05) is 31.2 Å². The van der Waals surface area contributed by atoms with E-state index in [1.165, 1.54) is 4.90 Å². The second-order valence-electron chi connectivity index (χ2n) is 11.5. The molecule has 3 aliphatic rings. The van der Waals surface area contributed by atoms with Gasteiger partial charge in [-0.3, -0.25) is 14.4 Å². The average molecular weight is 647 g/mol. The van der Waals surface area contributed by atoms with Gasteiger partial charge in [-0.15, -0.1) is 13.2 Å². The van der Waals surface area contributed by atoms with Gasteiger partial charge in [0.2, 0.25) is 17.7 Å². The van der Waals surface area contributed by atoms with Crippen LogP contribution >= 0.6 is 15.9 Å². The highest BCUT2D eigenvalue weighted by molar-refractivity contribution is 9.09. The number of benzene rings is 1. The molecule has 4 rings (SSSR count). The predicted octanol–water partition coefficient (Wildman–Crippen LogP) is 3.94. The summed E-state index contributed by atoms with van der Waals surface area (Å²) in [6.07, 6.45) is 4.82. The first kappa shape index (κ1) is 32.2. The molecule has 3 aliphatic heterocycles. The summed E-state index contributed by atoms with van der Waals surface area (Å²) in [5, 5.41) is 10.2. The summed E-state index contributed by atoms with van der Waals surface area (Å²) >= 11 is 3.75. The number of nitrogens with zero attached hydrogens (tertiary/aromatic N) is 3. The summed E-state index contributed by atoms with van der Waals surface area (Å²) in [5.41, 5.74) is -0.559. The van der Waals surface area contributed by atoms with E-state index in [0.29, 0.717) is 31.0 Å². The first-order chi connectivity index (χ1) is 20.1. The van der Waals surface area contributed by atoms with Crippen molar-refractivity contribution in [1.29, 1.82) is 0 Å². The van der Waals surface area contributed by atoms with E-state index in [2.05, 4.69) is 36.0 Å². The van der Waals surface area contributed by atoms with Crippen LogP contribution in [-0.2, 0) is 19.1 Å². The summed E-state index contributed by atoms with van der Waals surface area (Å²) < 4.78 is 12.3. The largest absolute Gasteiger partial charge is 0.494 e. The Morgan fingerprint density at radius 2 is 1.86 bits per heavy atom. The maximum atomic E-state index is 14.5. The van der Waals surface area contributed by atoms with Crippen LogP contribution in [0.1, 0.15) is 47.0 Å². The van der Waals surface area contributed by atoms with Crippen LogP contribution in [0.15, 0.2) is 49.6 Å². The second-order valence-corrected chi connectivity index (χ2v) is 12.7. The summed E-state index contributed by atoms with van der Waals surface area (Å²) in [6.45, 7) is 16.2. The Morgan fingerprint density at radius 1 is 1.19 bits per heavy atom. The molecule has 3 heterocycles. The molecule has 0 saturated carbocycles. The lowest BCUT2D eigenvalue weighted by atomic mass is 9.70. The molecule has 8 atom stereocenters. The van der Waals surface area contributed by atoms with E-state index in [4.69, 9.17) is 9.47 Å². The topological polar surface area (TPSA) is 99.6 Å². The third kappa shape index (κ3) is 5.42. The van der Waals surface area contributed by atoms with Crippen molar-refractivity contribution >= 4 is 39.3 Å². The first-order valence-electron chi connectivity index (χ1n) is 14.9. The van der Waals surface area contributed by atoms with E-state index in [1.807, 2.05) is 26.0 Å². The lowest BCUT2D eigenvalue weighted by Crippen LogP contribution is -2.60. The van der Waals surface area contributed by atoms with Gasteiger partial charge in [-0.05, 0) is 57.9 Å². The zero-order valence-electron chi connectivity index (χ0n) is 25.1. The molecule has 3 fully saturated rings. The van der Waals surface area contributed by atoms with Crippen LogP contribution < -0.4 is 9.64 Å². The van der Waals surface area contributed by atoms with E-state index < -0.39 is 35.6 Å².